The number of phenols is 1. The monoisotopic (exact) mass is 245 g/mol. The molecule has 4 heteroatoms. The molecule has 0 heterocycles. The lowest BCUT2D eigenvalue weighted by Crippen LogP contribution is -2.18. The number of hydrogen-bond acceptors (Lipinski definition) is 3. The van der Waals surface area contributed by atoms with E-state index in [0.29, 0.717) is 11.7 Å². The third kappa shape index (κ3) is 3.29. The number of halogens is 1. The standard InChI is InChI=1S/C12H19NO2.ClH/c1-4-8(2)12(13)9-5-6-11(15-3)10(14)7-9;/h5-8,12,14H,4,13H2,1-3H3;1H/t8?,12-;/m0./s1. The predicted octanol–water partition coefficient (Wildman–Crippen LogP) is 2.87. The number of ether oxygens (including phenoxy) is 1. The average Bonchev–Trinajstić information content (AvgIpc) is 2.26. The SMILES string of the molecule is CCC(C)[C@H](N)c1ccc(OC)c(O)c1.Cl. The molecule has 3 N–H and O–H groups in total. The molecule has 3 nitrogen and oxygen atoms in total. The zero-order valence-corrected chi connectivity index (χ0v) is 10.8. The van der Waals surface area contributed by atoms with Gasteiger partial charge in [-0.25, -0.2) is 0 Å². The second kappa shape index (κ2) is 6.61. The highest BCUT2D eigenvalue weighted by atomic mass is 35.5. The van der Waals surface area contributed by atoms with Crippen LogP contribution in [0.15, 0.2) is 18.2 Å². The summed E-state index contributed by atoms with van der Waals surface area (Å²) in [6.07, 6.45) is 1.02. The fourth-order valence-corrected chi connectivity index (χ4v) is 1.50. The Hall–Kier alpha value is -0.930. The molecule has 16 heavy (non-hydrogen) atoms. The van der Waals surface area contributed by atoms with Gasteiger partial charge < -0.3 is 15.6 Å². The minimum Gasteiger partial charge on any atom is -0.504 e. The van der Waals surface area contributed by atoms with Gasteiger partial charge in [0.25, 0.3) is 0 Å². The van der Waals surface area contributed by atoms with E-state index in [2.05, 4.69) is 13.8 Å². The summed E-state index contributed by atoms with van der Waals surface area (Å²) in [5.74, 6) is 1.03. The van der Waals surface area contributed by atoms with E-state index in [9.17, 15) is 5.11 Å². The molecule has 1 rings (SSSR count). The van der Waals surface area contributed by atoms with Crippen molar-refractivity contribution in [1.82, 2.24) is 0 Å². The molecular weight excluding hydrogens is 226 g/mol. The average molecular weight is 246 g/mol. The number of methoxy groups -OCH3 is 1. The van der Waals surface area contributed by atoms with Crippen LogP contribution in [-0.2, 0) is 0 Å². The lowest BCUT2D eigenvalue weighted by molar-refractivity contribution is 0.371. The lowest BCUT2D eigenvalue weighted by Gasteiger charge is -2.19. The van der Waals surface area contributed by atoms with Crippen LogP contribution in [0.1, 0.15) is 31.9 Å². The Labute approximate surface area is 103 Å². The van der Waals surface area contributed by atoms with Crippen molar-refractivity contribution in [1.29, 1.82) is 0 Å². The van der Waals surface area contributed by atoms with Crippen molar-refractivity contribution >= 4 is 12.4 Å². The van der Waals surface area contributed by atoms with E-state index in [1.165, 1.54) is 7.11 Å². The predicted molar refractivity (Wildman–Crippen MR) is 68.3 cm³/mol. The summed E-state index contributed by atoms with van der Waals surface area (Å²) in [6, 6.07) is 5.28. The molecule has 92 valence electrons. The minimum atomic E-state index is -0.0354. The summed E-state index contributed by atoms with van der Waals surface area (Å²) in [6.45, 7) is 4.21. The molecule has 0 aliphatic rings. The van der Waals surface area contributed by atoms with E-state index in [1.807, 2.05) is 6.07 Å². The van der Waals surface area contributed by atoms with Crippen LogP contribution in [0, 0.1) is 5.92 Å². The summed E-state index contributed by atoms with van der Waals surface area (Å²) < 4.78 is 4.98. The Balaban J connectivity index is 0.00000225. The van der Waals surface area contributed by atoms with E-state index in [4.69, 9.17) is 10.5 Å². The maximum atomic E-state index is 9.61. The van der Waals surface area contributed by atoms with Gasteiger partial charge in [0.1, 0.15) is 0 Å². The van der Waals surface area contributed by atoms with Crippen LogP contribution in [0.5, 0.6) is 11.5 Å². The molecule has 1 aromatic carbocycles. The van der Waals surface area contributed by atoms with Crippen LogP contribution < -0.4 is 10.5 Å². The van der Waals surface area contributed by atoms with Crippen molar-refractivity contribution in [3.8, 4) is 11.5 Å². The van der Waals surface area contributed by atoms with Crippen LogP contribution in [0.3, 0.4) is 0 Å². The van der Waals surface area contributed by atoms with Crippen molar-refractivity contribution in [3.63, 3.8) is 0 Å². The van der Waals surface area contributed by atoms with Crippen LogP contribution in [0.25, 0.3) is 0 Å². The summed E-state index contributed by atoms with van der Waals surface area (Å²) in [7, 11) is 1.53. The topological polar surface area (TPSA) is 55.5 Å². The van der Waals surface area contributed by atoms with Gasteiger partial charge in [-0.3, -0.25) is 0 Å². The molecule has 1 aromatic rings. The first kappa shape index (κ1) is 15.1. The quantitative estimate of drug-likeness (QED) is 0.858. The van der Waals surface area contributed by atoms with Gasteiger partial charge in [-0.2, -0.15) is 0 Å². The largest absolute Gasteiger partial charge is 0.504 e. The maximum Gasteiger partial charge on any atom is 0.160 e. The number of nitrogens with two attached hydrogens (primary N) is 1. The fraction of sp³-hybridized carbons (Fsp3) is 0.500. The van der Waals surface area contributed by atoms with Gasteiger partial charge >= 0.3 is 0 Å². The lowest BCUT2D eigenvalue weighted by atomic mass is 9.93. The Morgan fingerprint density at radius 1 is 1.44 bits per heavy atom. The summed E-state index contributed by atoms with van der Waals surface area (Å²) in [5.41, 5.74) is 7.00. The molecule has 0 aliphatic carbocycles. The van der Waals surface area contributed by atoms with Gasteiger partial charge in [-0.05, 0) is 23.6 Å². The van der Waals surface area contributed by atoms with Gasteiger partial charge in [-0.1, -0.05) is 26.3 Å². The van der Waals surface area contributed by atoms with E-state index in [0.717, 1.165) is 12.0 Å². The number of hydrogen-bond donors (Lipinski definition) is 2. The molecule has 0 aromatic heterocycles. The summed E-state index contributed by atoms with van der Waals surface area (Å²) >= 11 is 0. The highest BCUT2D eigenvalue weighted by Gasteiger charge is 2.14. The van der Waals surface area contributed by atoms with Gasteiger partial charge in [0.15, 0.2) is 11.5 Å². The number of rotatable bonds is 4. The second-order valence-corrected chi connectivity index (χ2v) is 3.84. The first-order valence-electron chi connectivity index (χ1n) is 5.22. The smallest absolute Gasteiger partial charge is 0.160 e. The molecule has 0 spiro atoms. The van der Waals surface area contributed by atoms with E-state index in [1.54, 1.807) is 12.1 Å². The summed E-state index contributed by atoms with van der Waals surface area (Å²) in [4.78, 5) is 0. The molecule has 0 bridgehead atoms. The van der Waals surface area contributed by atoms with Crippen LogP contribution in [0.4, 0.5) is 0 Å². The first-order valence-corrected chi connectivity index (χ1v) is 5.22. The van der Waals surface area contributed by atoms with E-state index in [-0.39, 0.29) is 24.2 Å². The van der Waals surface area contributed by atoms with Crippen LogP contribution in [0.2, 0.25) is 0 Å². The number of aromatic hydroxyl groups is 1. The minimum absolute atomic E-state index is 0. The second-order valence-electron chi connectivity index (χ2n) is 3.84. The number of phenolic OH excluding ortho intramolecular Hbond substituents is 1. The Bertz CT molecular complexity index is 331. The third-order valence-electron chi connectivity index (χ3n) is 2.84. The van der Waals surface area contributed by atoms with Gasteiger partial charge in [0.05, 0.1) is 7.11 Å². The van der Waals surface area contributed by atoms with Crippen molar-refractivity contribution in [2.24, 2.45) is 11.7 Å². The normalized spacial score (nSPS) is 13.8. The third-order valence-corrected chi connectivity index (χ3v) is 2.84. The van der Waals surface area contributed by atoms with Crippen LogP contribution in [-0.4, -0.2) is 12.2 Å². The van der Waals surface area contributed by atoms with Crippen LogP contribution >= 0.6 is 12.4 Å². The number of benzene rings is 1. The zero-order valence-electron chi connectivity index (χ0n) is 9.93. The van der Waals surface area contributed by atoms with Gasteiger partial charge in [-0.15, -0.1) is 12.4 Å². The van der Waals surface area contributed by atoms with Crippen molar-refractivity contribution in [2.75, 3.05) is 7.11 Å². The highest BCUT2D eigenvalue weighted by molar-refractivity contribution is 5.85. The molecule has 1 unspecified atom stereocenters. The summed E-state index contributed by atoms with van der Waals surface area (Å²) in [5, 5.41) is 9.61. The highest BCUT2D eigenvalue weighted by Crippen LogP contribution is 2.30. The first-order chi connectivity index (χ1) is 7.10. The molecule has 0 saturated carbocycles. The molecule has 0 amide bonds. The molecule has 0 fully saturated rings. The van der Waals surface area contributed by atoms with Crippen molar-refractivity contribution in [2.45, 2.75) is 26.3 Å². The Morgan fingerprint density at radius 2 is 2.06 bits per heavy atom. The Kier molecular flexibility index (Phi) is 6.22. The molecule has 0 aliphatic heterocycles. The van der Waals surface area contributed by atoms with E-state index < -0.39 is 0 Å². The van der Waals surface area contributed by atoms with Crippen molar-refractivity contribution in [3.05, 3.63) is 23.8 Å². The van der Waals surface area contributed by atoms with E-state index >= 15 is 0 Å². The molecular formula is C12H20ClNO2. The van der Waals surface area contributed by atoms with Crippen molar-refractivity contribution < 1.29 is 9.84 Å². The zero-order chi connectivity index (χ0) is 11.4. The molecule has 0 radical (unpaired) electrons. The Morgan fingerprint density at radius 3 is 2.50 bits per heavy atom. The van der Waals surface area contributed by atoms with Gasteiger partial charge in [0.2, 0.25) is 0 Å². The maximum absolute atomic E-state index is 9.61. The molecule has 2 atom stereocenters. The fourth-order valence-electron chi connectivity index (χ4n) is 1.50. The molecule has 0 saturated heterocycles. The van der Waals surface area contributed by atoms with Gasteiger partial charge in [0, 0.05) is 6.04 Å².